The van der Waals surface area contributed by atoms with E-state index in [0.29, 0.717) is 33.9 Å². The second-order valence-electron chi connectivity index (χ2n) is 8.65. The predicted molar refractivity (Wildman–Crippen MR) is 125 cm³/mol. The van der Waals surface area contributed by atoms with Crippen molar-refractivity contribution in [3.63, 3.8) is 0 Å². The molecule has 2 aliphatic heterocycles. The van der Waals surface area contributed by atoms with E-state index in [0.717, 1.165) is 0 Å². The number of hydrogen-bond acceptors (Lipinski definition) is 6. The van der Waals surface area contributed by atoms with Crippen LogP contribution in [-0.4, -0.2) is 27.9 Å². The van der Waals surface area contributed by atoms with E-state index in [1.54, 1.807) is 52.0 Å². The first-order valence-corrected chi connectivity index (χ1v) is 9.67. The molecule has 0 aromatic heterocycles. The number of carbonyl (C=O) groups excluding carboxylic acids is 3. The molecule has 0 spiro atoms. The first kappa shape index (κ1) is 24.8. The van der Waals surface area contributed by atoms with Gasteiger partial charge in [0.25, 0.3) is 0 Å². The molecular formula is C22H27ClN4O5. The summed E-state index contributed by atoms with van der Waals surface area (Å²) in [6.07, 6.45) is 0. The normalized spacial score (nSPS) is 16.4. The lowest BCUT2D eigenvalue weighted by molar-refractivity contribution is -0.120. The van der Waals surface area contributed by atoms with Crippen LogP contribution in [0.15, 0.2) is 24.3 Å². The van der Waals surface area contributed by atoms with E-state index in [2.05, 4.69) is 16.0 Å². The first-order chi connectivity index (χ1) is 14.3. The maximum absolute atomic E-state index is 11.7. The largest absolute Gasteiger partial charge is 0.505 e. The third-order valence-electron chi connectivity index (χ3n) is 5.58. The van der Waals surface area contributed by atoms with Crippen LogP contribution in [0.1, 0.15) is 45.7 Å². The third-order valence-corrected chi connectivity index (χ3v) is 5.58. The molecular weight excluding hydrogens is 436 g/mol. The number of nitrogen functional groups attached to an aromatic ring is 1. The van der Waals surface area contributed by atoms with Crippen LogP contribution in [0.25, 0.3) is 0 Å². The molecule has 32 heavy (non-hydrogen) atoms. The molecule has 4 rings (SSSR count). The molecule has 2 aromatic carbocycles. The Morgan fingerprint density at radius 3 is 1.78 bits per heavy atom. The van der Waals surface area contributed by atoms with E-state index in [-0.39, 0.29) is 41.6 Å². The number of benzene rings is 2. The highest BCUT2D eigenvalue weighted by Crippen LogP contribution is 2.46. The minimum absolute atomic E-state index is 0. The molecule has 7 N–H and O–H groups in total. The van der Waals surface area contributed by atoms with Crippen LogP contribution in [0.4, 0.5) is 22.7 Å². The van der Waals surface area contributed by atoms with Gasteiger partial charge in [0.2, 0.25) is 17.7 Å². The van der Waals surface area contributed by atoms with Crippen molar-refractivity contribution < 1.29 is 24.6 Å². The summed E-state index contributed by atoms with van der Waals surface area (Å²) in [5.74, 6) is -0.599. The summed E-state index contributed by atoms with van der Waals surface area (Å²) < 4.78 is 0. The molecule has 0 saturated carbocycles. The Labute approximate surface area is 191 Å². The number of aromatic hydroxyl groups is 2. The van der Waals surface area contributed by atoms with Crippen molar-refractivity contribution in [2.24, 2.45) is 0 Å². The van der Waals surface area contributed by atoms with Crippen molar-refractivity contribution in [3.8, 4) is 11.5 Å². The highest BCUT2D eigenvalue weighted by atomic mass is 35.5. The lowest BCUT2D eigenvalue weighted by Crippen LogP contribution is -2.27. The van der Waals surface area contributed by atoms with Crippen LogP contribution < -0.4 is 21.7 Å². The summed E-state index contributed by atoms with van der Waals surface area (Å²) in [5.41, 5.74) is 7.02. The van der Waals surface area contributed by atoms with Gasteiger partial charge in [0.1, 0.15) is 11.5 Å². The summed E-state index contributed by atoms with van der Waals surface area (Å²) in [7, 11) is 0. The zero-order chi connectivity index (χ0) is 23.3. The average Bonchev–Trinajstić information content (AvgIpc) is 3.03. The Balaban J connectivity index is 0.000000224. The van der Waals surface area contributed by atoms with Crippen LogP contribution in [0, 0.1) is 0 Å². The summed E-state index contributed by atoms with van der Waals surface area (Å²) in [5, 5.41) is 27.8. The molecule has 9 nitrogen and oxygen atoms in total. The first-order valence-electron chi connectivity index (χ1n) is 9.67. The van der Waals surface area contributed by atoms with Crippen molar-refractivity contribution >= 4 is 52.9 Å². The molecule has 0 fully saturated rings. The fraction of sp³-hybridized carbons (Fsp3) is 0.318. The minimum Gasteiger partial charge on any atom is -0.505 e. The predicted octanol–water partition coefficient (Wildman–Crippen LogP) is 3.21. The molecule has 0 bridgehead atoms. The highest BCUT2D eigenvalue weighted by Gasteiger charge is 2.42. The zero-order valence-electron chi connectivity index (χ0n) is 18.4. The number of hydrogen-bond donors (Lipinski definition) is 6. The topological polar surface area (TPSA) is 154 Å². The Morgan fingerprint density at radius 2 is 1.31 bits per heavy atom. The van der Waals surface area contributed by atoms with Gasteiger partial charge >= 0.3 is 0 Å². The van der Waals surface area contributed by atoms with Gasteiger partial charge in [-0.2, -0.15) is 0 Å². The van der Waals surface area contributed by atoms with Crippen molar-refractivity contribution in [1.29, 1.82) is 0 Å². The summed E-state index contributed by atoms with van der Waals surface area (Å²) >= 11 is 0. The number of fused-ring (bicyclic) bond motifs is 2. The molecule has 0 saturated heterocycles. The van der Waals surface area contributed by atoms with E-state index in [4.69, 9.17) is 5.73 Å². The molecule has 2 heterocycles. The number of nitrogens with one attached hydrogen (secondary N) is 3. The number of anilines is 4. The smallest absolute Gasteiger partial charge is 0.234 e. The zero-order valence-corrected chi connectivity index (χ0v) is 19.2. The van der Waals surface area contributed by atoms with Crippen molar-refractivity contribution in [2.75, 3.05) is 21.7 Å². The maximum atomic E-state index is 11.7. The second-order valence-corrected chi connectivity index (χ2v) is 8.65. The van der Waals surface area contributed by atoms with Crippen molar-refractivity contribution in [1.82, 2.24) is 0 Å². The standard InChI is InChI=1S/C12H14N2O3.C10H12N2O2.ClH/c1-6(15)13-8-5-4-7-9(10(8)16)12(2,3)11(17)14-7;1-10(2)7-6(12-9(10)14)4-3-5(11)8(7)13;/h4-5,16H,1-3H3,(H,13,15)(H,14,17);3-4,13H,11H2,1-2H3,(H,12,14);1H. The van der Waals surface area contributed by atoms with E-state index < -0.39 is 10.8 Å². The average molecular weight is 463 g/mol. The molecule has 0 unspecified atom stereocenters. The van der Waals surface area contributed by atoms with Gasteiger partial charge in [0, 0.05) is 29.4 Å². The fourth-order valence-electron chi connectivity index (χ4n) is 3.75. The van der Waals surface area contributed by atoms with Gasteiger partial charge in [-0.15, -0.1) is 12.4 Å². The molecule has 3 amide bonds. The number of nitrogens with two attached hydrogens (primary N) is 1. The van der Waals surface area contributed by atoms with Gasteiger partial charge in [-0.1, -0.05) is 0 Å². The molecule has 2 aromatic rings. The SMILES string of the molecule is CC(=O)Nc1ccc2c(c1O)C(C)(C)C(=O)N2.CC1(C)C(=O)Nc2ccc(N)c(O)c21.Cl. The number of carbonyl (C=O) groups is 3. The Hall–Kier alpha value is -3.46. The second kappa shape index (κ2) is 8.23. The van der Waals surface area contributed by atoms with Gasteiger partial charge in [-0.05, 0) is 52.0 Å². The van der Waals surface area contributed by atoms with E-state index >= 15 is 0 Å². The molecule has 0 radical (unpaired) electrons. The van der Waals surface area contributed by atoms with E-state index in [1.165, 1.54) is 6.92 Å². The number of halogens is 1. The monoisotopic (exact) mass is 462 g/mol. The lowest BCUT2D eigenvalue weighted by atomic mass is 9.85. The third kappa shape index (κ3) is 3.91. The van der Waals surface area contributed by atoms with Crippen LogP contribution in [0.5, 0.6) is 11.5 Å². The van der Waals surface area contributed by atoms with Gasteiger partial charge < -0.3 is 31.9 Å². The van der Waals surface area contributed by atoms with Crippen LogP contribution in [-0.2, 0) is 25.2 Å². The number of phenolic OH excluding ortho intramolecular Hbond substituents is 2. The molecule has 10 heteroatoms. The van der Waals surface area contributed by atoms with Crippen LogP contribution in [0.2, 0.25) is 0 Å². The molecule has 0 aliphatic carbocycles. The van der Waals surface area contributed by atoms with Gasteiger partial charge in [0.05, 0.1) is 22.2 Å². The number of phenols is 2. The van der Waals surface area contributed by atoms with Crippen molar-refractivity contribution in [2.45, 2.75) is 45.4 Å². The fourth-order valence-corrected chi connectivity index (χ4v) is 3.75. The summed E-state index contributed by atoms with van der Waals surface area (Å²) in [6, 6.07) is 6.52. The molecule has 0 atom stereocenters. The number of rotatable bonds is 1. The van der Waals surface area contributed by atoms with Crippen LogP contribution in [0.3, 0.4) is 0 Å². The van der Waals surface area contributed by atoms with E-state index in [1.807, 2.05) is 0 Å². The minimum atomic E-state index is -0.798. The Kier molecular flexibility index (Phi) is 6.38. The van der Waals surface area contributed by atoms with Gasteiger partial charge in [-0.25, -0.2) is 0 Å². The molecule has 2 aliphatic rings. The molecule has 172 valence electrons. The van der Waals surface area contributed by atoms with E-state index in [9.17, 15) is 24.6 Å². The summed E-state index contributed by atoms with van der Waals surface area (Å²) in [6.45, 7) is 8.33. The van der Waals surface area contributed by atoms with Crippen LogP contribution >= 0.6 is 12.4 Å². The van der Waals surface area contributed by atoms with Gasteiger partial charge in [0.15, 0.2) is 0 Å². The van der Waals surface area contributed by atoms with Crippen molar-refractivity contribution in [3.05, 3.63) is 35.4 Å². The lowest BCUT2D eigenvalue weighted by Gasteiger charge is -2.18. The summed E-state index contributed by atoms with van der Waals surface area (Å²) in [4.78, 5) is 34.3. The van der Waals surface area contributed by atoms with Gasteiger partial charge in [-0.3, -0.25) is 14.4 Å². The Bertz CT molecular complexity index is 1130. The Morgan fingerprint density at radius 1 is 0.875 bits per heavy atom. The quantitative estimate of drug-likeness (QED) is 0.282. The maximum Gasteiger partial charge on any atom is 0.234 e. The highest BCUT2D eigenvalue weighted by molar-refractivity contribution is 6.08. The number of amides is 3.